The lowest BCUT2D eigenvalue weighted by Crippen LogP contribution is -2.16. The summed E-state index contributed by atoms with van der Waals surface area (Å²) in [6.45, 7) is 5.64. The lowest BCUT2D eigenvalue weighted by atomic mass is 9.97. The molecule has 0 aliphatic heterocycles. The van der Waals surface area contributed by atoms with Gasteiger partial charge in [0.25, 0.3) is 0 Å². The van der Waals surface area contributed by atoms with Gasteiger partial charge >= 0.3 is 0 Å². The van der Waals surface area contributed by atoms with Crippen LogP contribution in [0.4, 0.5) is 0 Å². The molecule has 2 heteroatoms. The van der Waals surface area contributed by atoms with Crippen molar-refractivity contribution in [3.8, 4) is 0 Å². The van der Waals surface area contributed by atoms with Crippen molar-refractivity contribution in [3.05, 3.63) is 0 Å². The van der Waals surface area contributed by atoms with Crippen LogP contribution in [-0.4, -0.2) is 17.0 Å². The fourth-order valence-corrected chi connectivity index (χ4v) is 1.09. The van der Waals surface area contributed by atoms with Crippen molar-refractivity contribution in [2.45, 2.75) is 46.1 Å². The van der Waals surface area contributed by atoms with E-state index in [0.29, 0.717) is 6.42 Å². The summed E-state index contributed by atoms with van der Waals surface area (Å²) in [5.74, 6) is 0.302. The molecule has 0 unspecified atom stereocenters. The van der Waals surface area contributed by atoms with E-state index in [9.17, 15) is 4.79 Å². The summed E-state index contributed by atoms with van der Waals surface area (Å²) in [5.41, 5.74) is 0. The Morgan fingerprint density at radius 3 is 2.36 bits per heavy atom. The molecule has 0 heterocycles. The second-order valence-corrected chi connectivity index (χ2v) is 3.21. The zero-order valence-electron chi connectivity index (χ0n) is 7.63. The fourth-order valence-electron chi connectivity index (χ4n) is 1.09. The summed E-state index contributed by atoms with van der Waals surface area (Å²) >= 11 is 0. The first-order valence-electron chi connectivity index (χ1n) is 4.28. The van der Waals surface area contributed by atoms with Crippen LogP contribution >= 0.6 is 0 Å². The zero-order valence-corrected chi connectivity index (χ0v) is 7.63. The Kier molecular flexibility index (Phi) is 5.12. The van der Waals surface area contributed by atoms with Crippen LogP contribution < -0.4 is 0 Å². The highest BCUT2D eigenvalue weighted by Gasteiger charge is 2.13. The largest absolute Gasteiger partial charge is 0.393 e. The maximum Gasteiger partial charge on any atom is 0.138 e. The number of ketones is 1. The predicted octanol–water partition coefficient (Wildman–Crippen LogP) is 1.76. The molecule has 0 aromatic rings. The van der Waals surface area contributed by atoms with Gasteiger partial charge in [-0.25, -0.2) is 0 Å². The molecule has 1 N–H and O–H groups in total. The summed E-state index contributed by atoms with van der Waals surface area (Å²) in [6.07, 6.45) is 1.79. The second kappa shape index (κ2) is 5.30. The molecule has 0 radical (unpaired) electrons. The molecule has 2 nitrogen and oxygen atoms in total. The van der Waals surface area contributed by atoms with Crippen LogP contribution in [0, 0.1) is 5.92 Å². The van der Waals surface area contributed by atoms with E-state index in [1.54, 1.807) is 6.92 Å². The first-order chi connectivity index (χ1) is 5.07. The minimum Gasteiger partial charge on any atom is -0.393 e. The van der Waals surface area contributed by atoms with Gasteiger partial charge in [-0.15, -0.1) is 0 Å². The van der Waals surface area contributed by atoms with Crippen molar-refractivity contribution < 1.29 is 9.90 Å². The Bertz CT molecular complexity index is 119. The number of hydrogen-bond donors (Lipinski definition) is 1. The van der Waals surface area contributed by atoms with Gasteiger partial charge in [-0.05, 0) is 13.3 Å². The molecule has 0 aliphatic carbocycles. The van der Waals surface area contributed by atoms with Crippen molar-refractivity contribution in [3.63, 3.8) is 0 Å². The molecule has 0 saturated heterocycles. The van der Waals surface area contributed by atoms with Crippen LogP contribution in [0.2, 0.25) is 0 Å². The quantitative estimate of drug-likeness (QED) is 0.662. The smallest absolute Gasteiger partial charge is 0.138 e. The second-order valence-electron chi connectivity index (χ2n) is 3.21. The average molecular weight is 158 g/mol. The van der Waals surface area contributed by atoms with Crippen LogP contribution in [0.1, 0.15) is 40.0 Å². The average Bonchev–Trinajstić information content (AvgIpc) is 1.86. The van der Waals surface area contributed by atoms with Gasteiger partial charge in [-0.3, -0.25) is 4.79 Å². The van der Waals surface area contributed by atoms with Crippen LogP contribution in [0.25, 0.3) is 0 Å². The van der Waals surface area contributed by atoms with Crippen LogP contribution in [0.3, 0.4) is 0 Å². The molecule has 0 aliphatic rings. The van der Waals surface area contributed by atoms with Crippen LogP contribution in [-0.2, 0) is 4.79 Å². The van der Waals surface area contributed by atoms with Crippen LogP contribution in [0.15, 0.2) is 0 Å². The molecule has 0 saturated carbocycles. The Morgan fingerprint density at radius 1 is 1.45 bits per heavy atom. The fraction of sp³-hybridized carbons (Fsp3) is 0.889. The Morgan fingerprint density at radius 2 is 2.00 bits per heavy atom. The number of aliphatic hydroxyl groups excluding tert-OH is 1. The third kappa shape index (κ3) is 4.96. The highest BCUT2D eigenvalue weighted by Crippen LogP contribution is 2.09. The third-order valence-electron chi connectivity index (χ3n) is 1.77. The van der Waals surface area contributed by atoms with Gasteiger partial charge < -0.3 is 5.11 Å². The minimum absolute atomic E-state index is 0.120. The molecular weight excluding hydrogens is 140 g/mol. The number of Topliss-reactive ketones (excluding diaryl/α,β-unsaturated/α-hetero) is 1. The summed E-state index contributed by atoms with van der Waals surface area (Å²) in [4.78, 5) is 11.2. The van der Waals surface area contributed by atoms with Crippen molar-refractivity contribution in [1.82, 2.24) is 0 Å². The predicted molar refractivity (Wildman–Crippen MR) is 45.4 cm³/mol. The van der Waals surface area contributed by atoms with Crippen LogP contribution in [0.5, 0.6) is 0 Å². The lowest BCUT2D eigenvalue weighted by Gasteiger charge is -2.09. The van der Waals surface area contributed by atoms with E-state index in [4.69, 9.17) is 5.11 Å². The number of rotatable bonds is 5. The summed E-state index contributed by atoms with van der Waals surface area (Å²) in [6, 6.07) is 0. The van der Waals surface area contributed by atoms with Gasteiger partial charge in [0.05, 0.1) is 6.10 Å². The molecule has 0 spiro atoms. The van der Waals surface area contributed by atoms with E-state index in [-0.39, 0.29) is 11.7 Å². The molecule has 66 valence electrons. The standard InChI is InChI=1S/C9H18O2/c1-4-5-7(2)9(11)6-8(3)10/h7-8,10H,4-6H2,1-3H3/t7-,8-/m0/s1. The summed E-state index contributed by atoms with van der Waals surface area (Å²) in [5, 5.41) is 8.92. The normalized spacial score (nSPS) is 16.0. The van der Waals surface area contributed by atoms with Gasteiger partial charge in [-0.1, -0.05) is 20.3 Å². The molecule has 0 bridgehead atoms. The van der Waals surface area contributed by atoms with Crippen molar-refractivity contribution in [2.24, 2.45) is 5.92 Å². The minimum atomic E-state index is -0.484. The zero-order chi connectivity index (χ0) is 8.85. The number of carbonyl (C=O) groups excluding carboxylic acids is 1. The monoisotopic (exact) mass is 158 g/mol. The number of carbonyl (C=O) groups is 1. The molecule has 0 fully saturated rings. The maximum absolute atomic E-state index is 11.2. The highest BCUT2D eigenvalue weighted by atomic mass is 16.3. The van der Waals surface area contributed by atoms with Gasteiger partial charge in [0.15, 0.2) is 0 Å². The maximum atomic E-state index is 11.2. The molecular formula is C9H18O2. The molecule has 0 aromatic carbocycles. The lowest BCUT2D eigenvalue weighted by molar-refractivity contribution is -0.124. The van der Waals surface area contributed by atoms with Crippen molar-refractivity contribution >= 4 is 5.78 Å². The van der Waals surface area contributed by atoms with E-state index in [2.05, 4.69) is 6.92 Å². The van der Waals surface area contributed by atoms with Gasteiger partial charge in [-0.2, -0.15) is 0 Å². The van der Waals surface area contributed by atoms with E-state index < -0.39 is 6.10 Å². The van der Waals surface area contributed by atoms with Gasteiger partial charge in [0.1, 0.15) is 5.78 Å². The molecule has 0 aromatic heterocycles. The molecule has 0 amide bonds. The first-order valence-corrected chi connectivity index (χ1v) is 4.28. The summed E-state index contributed by atoms with van der Waals surface area (Å²) in [7, 11) is 0. The Balaban J connectivity index is 3.64. The van der Waals surface area contributed by atoms with E-state index in [1.807, 2.05) is 6.92 Å². The van der Waals surface area contributed by atoms with Gasteiger partial charge in [0.2, 0.25) is 0 Å². The summed E-state index contributed by atoms with van der Waals surface area (Å²) < 4.78 is 0. The van der Waals surface area contributed by atoms with Crippen molar-refractivity contribution in [2.75, 3.05) is 0 Å². The van der Waals surface area contributed by atoms with E-state index in [1.165, 1.54) is 0 Å². The molecule has 2 atom stereocenters. The third-order valence-corrected chi connectivity index (χ3v) is 1.77. The first kappa shape index (κ1) is 10.6. The number of hydrogen-bond acceptors (Lipinski definition) is 2. The number of aliphatic hydroxyl groups is 1. The topological polar surface area (TPSA) is 37.3 Å². The van der Waals surface area contributed by atoms with E-state index in [0.717, 1.165) is 12.8 Å². The SMILES string of the molecule is CCC[C@H](C)C(=O)C[C@H](C)O. The van der Waals surface area contributed by atoms with Gasteiger partial charge in [0, 0.05) is 12.3 Å². The molecule has 11 heavy (non-hydrogen) atoms. The van der Waals surface area contributed by atoms with Crippen molar-refractivity contribution in [1.29, 1.82) is 0 Å². The Labute approximate surface area is 68.6 Å². The van der Waals surface area contributed by atoms with E-state index >= 15 is 0 Å². The molecule has 0 rings (SSSR count). The highest BCUT2D eigenvalue weighted by molar-refractivity contribution is 5.80. The Hall–Kier alpha value is -0.370.